The quantitative estimate of drug-likeness (QED) is 0.652. The summed E-state index contributed by atoms with van der Waals surface area (Å²) in [6.45, 7) is 0. The highest BCUT2D eigenvalue weighted by Gasteiger charge is 2.56. The van der Waals surface area contributed by atoms with Crippen LogP contribution in [-0.2, 0) is 15.1 Å². The van der Waals surface area contributed by atoms with E-state index in [0.717, 1.165) is 33.6 Å². The molecule has 2 atom stereocenters. The van der Waals surface area contributed by atoms with Gasteiger partial charge in [0.2, 0.25) is 5.60 Å². The van der Waals surface area contributed by atoms with Gasteiger partial charge in [-0.1, -0.05) is 60.7 Å². The molecule has 130 valence electrons. The first-order chi connectivity index (χ1) is 13.3. The van der Waals surface area contributed by atoms with Crippen LogP contribution >= 0.6 is 0 Å². The maximum atomic E-state index is 13.3. The van der Waals surface area contributed by atoms with Gasteiger partial charge in [0.25, 0.3) is 5.91 Å². The molecule has 0 saturated heterocycles. The molecule has 0 aromatic heterocycles. The average molecular weight is 352 g/mol. The maximum absolute atomic E-state index is 13.3. The van der Waals surface area contributed by atoms with Gasteiger partial charge in [0.05, 0.1) is 5.69 Å². The van der Waals surface area contributed by atoms with Crippen molar-refractivity contribution in [2.24, 2.45) is 0 Å². The van der Waals surface area contributed by atoms with Crippen molar-refractivity contribution in [3.05, 3.63) is 101 Å². The zero-order valence-corrected chi connectivity index (χ0v) is 14.4. The Morgan fingerprint density at radius 2 is 1.63 bits per heavy atom. The van der Waals surface area contributed by atoms with Crippen molar-refractivity contribution < 1.29 is 9.53 Å². The third-order valence-corrected chi connectivity index (χ3v) is 5.65. The standard InChI is InChI=1S/C23H16N2O2/c26-22-23(17-9-3-5-11-19(17)24-22)18-10-4-6-12-20(18)25-14-13-15-7-1-2-8-16(15)21(25)27-23/h1-14,21H,(H,24,26). The van der Waals surface area contributed by atoms with E-state index in [1.165, 1.54) is 0 Å². The van der Waals surface area contributed by atoms with Crippen molar-refractivity contribution in [3.8, 4) is 0 Å². The second kappa shape index (κ2) is 5.09. The number of ether oxygens (including phenoxy) is 1. The molecule has 6 rings (SSSR count). The molecular weight excluding hydrogens is 336 g/mol. The van der Waals surface area contributed by atoms with Gasteiger partial charge >= 0.3 is 0 Å². The number of anilines is 2. The van der Waals surface area contributed by atoms with Crippen molar-refractivity contribution in [2.45, 2.75) is 11.8 Å². The summed E-state index contributed by atoms with van der Waals surface area (Å²) < 4.78 is 6.69. The third-order valence-electron chi connectivity index (χ3n) is 5.65. The molecule has 4 heteroatoms. The number of hydrogen-bond acceptors (Lipinski definition) is 3. The van der Waals surface area contributed by atoms with Crippen LogP contribution in [0.15, 0.2) is 79.0 Å². The summed E-state index contributed by atoms with van der Waals surface area (Å²) in [5, 5.41) is 3.02. The molecule has 3 aromatic rings. The lowest BCUT2D eigenvalue weighted by Crippen LogP contribution is -2.48. The molecule has 0 radical (unpaired) electrons. The number of para-hydroxylation sites is 2. The van der Waals surface area contributed by atoms with Crippen molar-refractivity contribution in [1.29, 1.82) is 0 Å². The van der Waals surface area contributed by atoms with Crippen LogP contribution in [0.4, 0.5) is 11.4 Å². The van der Waals surface area contributed by atoms with Gasteiger partial charge in [-0.05, 0) is 23.8 Å². The Kier molecular flexibility index (Phi) is 2.78. The molecule has 27 heavy (non-hydrogen) atoms. The largest absolute Gasteiger partial charge is 0.328 e. The fraction of sp³-hybridized carbons (Fsp3) is 0.0870. The molecule has 2 unspecified atom stereocenters. The molecule has 1 spiro atoms. The minimum atomic E-state index is -1.15. The van der Waals surface area contributed by atoms with E-state index in [4.69, 9.17) is 4.74 Å². The van der Waals surface area contributed by atoms with E-state index in [9.17, 15) is 4.79 Å². The Balaban J connectivity index is 1.66. The Bertz CT molecular complexity index is 1140. The number of carbonyl (C=O) groups excluding carboxylic acids is 1. The van der Waals surface area contributed by atoms with Crippen LogP contribution < -0.4 is 10.2 Å². The van der Waals surface area contributed by atoms with Crippen molar-refractivity contribution in [1.82, 2.24) is 0 Å². The van der Waals surface area contributed by atoms with E-state index in [1.807, 2.05) is 60.8 Å². The fourth-order valence-corrected chi connectivity index (χ4v) is 4.45. The Labute approximate surface area is 156 Å². The Hall–Kier alpha value is -3.37. The van der Waals surface area contributed by atoms with Crippen molar-refractivity contribution in [3.63, 3.8) is 0 Å². The first-order valence-corrected chi connectivity index (χ1v) is 9.03. The highest BCUT2D eigenvalue weighted by molar-refractivity contribution is 6.08. The first kappa shape index (κ1) is 14.8. The molecule has 0 fully saturated rings. The van der Waals surface area contributed by atoms with Crippen molar-refractivity contribution >= 4 is 23.4 Å². The molecule has 3 aliphatic heterocycles. The number of rotatable bonds is 0. The molecule has 3 aromatic carbocycles. The zero-order chi connectivity index (χ0) is 18.0. The van der Waals surface area contributed by atoms with Crippen molar-refractivity contribution in [2.75, 3.05) is 10.2 Å². The summed E-state index contributed by atoms with van der Waals surface area (Å²) in [5.74, 6) is -0.136. The molecule has 3 heterocycles. The van der Waals surface area contributed by atoms with E-state index in [0.29, 0.717) is 0 Å². The van der Waals surface area contributed by atoms with Gasteiger partial charge in [0.15, 0.2) is 6.23 Å². The summed E-state index contributed by atoms with van der Waals surface area (Å²) in [5.41, 5.74) is 4.57. The molecule has 0 aliphatic carbocycles. The lowest BCUT2D eigenvalue weighted by atomic mass is 9.83. The highest BCUT2D eigenvalue weighted by Crippen LogP contribution is 2.54. The summed E-state index contributed by atoms with van der Waals surface area (Å²) in [4.78, 5) is 15.4. The number of fused-ring (bicyclic) bond motifs is 8. The van der Waals surface area contributed by atoms with Crippen LogP contribution in [0.3, 0.4) is 0 Å². The minimum Gasteiger partial charge on any atom is -0.328 e. The molecule has 1 amide bonds. The molecule has 1 N–H and O–H groups in total. The second-order valence-electron chi connectivity index (χ2n) is 7.02. The monoisotopic (exact) mass is 352 g/mol. The van der Waals surface area contributed by atoms with Gasteiger partial charge in [0, 0.05) is 28.6 Å². The summed E-state index contributed by atoms with van der Waals surface area (Å²) >= 11 is 0. The van der Waals surface area contributed by atoms with Gasteiger partial charge in [0.1, 0.15) is 0 Å². The fourth-order valence-electron chi connectivity index (χ4n) is 4.45. The Morgan fingerprint density at radius 3 is 2.56 bits per heavy atom. The zero-order valence-electron chi connectivity index (χ0n) is 14.4. The minimum absolute atomic E-state index is 0.136. The van der Waals surface area contributed by atoms with E-state index in [2.05, 4.69) is 34.5 Å². The second-order valence-corrected chi connectivity index (χ2v) is 7.02. The van der Waals surface area contributed by atoms with Crippen LogP contribution in [0, 0.1) is 0 Å². The first-order valence-electron chi connectivity index (χ1n) is 9.03. The number of nitrogens with zero attached hydrogens (tertiary/aromatic N) is 1. The third kappa shape index (κ3) is 1.78. The molecule has 0 saturated carbocycles. The SMILES string of the molecule is O=C1Nc2ccccc2C12OC1c3ccccc3C=CN1c1ccccc12. The lowest BCUT2D eigenvalue weighted by molar-refractivity contribution is -0.145. The predicted molar refractivity (Wildman–Crippen MR) is 104 cm³/mol. The van der Waals surface area contributed by atoms with Gasteiger partial charge in [-0.15, -0.1) is 0 Å². The van der Waals surface area contributed by atoms with Crippen LogP contribution in [0.25, 0.3) is 6.08 Å². The van der Waals surface area contributed by atoms with Gasteiger partial charge in [-0.25, -0.2) is 0 Å². The van der Waals surface area contributed by atoms with Gasteiger partial charge in [-0.2, -0.15) is 0 Å². The maximum Gasteiger partial charge on any atom is 0.266 e. The summed E-state index contributed by atoms with van der Waals surface area (Å²) in [6.07, 6.45) is 3.77. The average Bonchev–Trinajstić information content (AvgIpc) is 3.00. The van der Waals surface area contributed by atoms with E-state index in [-0.39, 0.29) is 12.1 Å². The van der Waals surface area contributed by atoms with Crippen LogP contribution in [0.2, 0.25) is 0 Å². The smallest absolute Gasteiger partial charge is 0.266 e. The number of hydrogen-bond donors (Lipinski definition) is 1. The topological polar surface area (TPSA) is 41.6 Å². The number of nitrogens with one attached hydrogen (secondary N) is 1. The molecule has 4 nitrogen and oxygen atoms in total. The summed E-state index contributed by atoms with van der Waals surface area (Å²) in [6, 6.07) is 23.9. The van der Waals surface area contributed by atoms with Gasteiger partial charge in [-0.3, -0.25) is 4.79 Å². The molecule has 0 bridgehead atoms. The summed E-state index contributed by atoms with van der Waals surface area (Å²) in [7, 11) is 0. The molecular formula is C23H16N2O2. The van der Waals surface area contributed by atoms with E-state index in [1.54, 1.807) is 0 Å². The van der Waals surface area contributed by atoms with Crippen LogP contribution in [-0.4, -0.2) is 5.91 Å². The Morgan fingerprint density at radius 1 is 0.889 bits per heavy atom. The van der Waals surface area contributed by atoms with Crippen LogP contribution in [0.5, 0.6) is 0 Å². The van der Waals surface area contributed by atoms with E-state index < -0.39 is 5.60 Å². The number of amides is 1. The van der Waals surface area contributed by atoms with Gasteiger partial charge < -0.3 is 15.0 Å². The number of benzene rings is 3. The van der Waals surface area contributed by atoms with E-state index >= 15 is 0 Å². The lowest BCUT2D eigenvalue weighted by Gasteiger charge is -2.46. The highest BCUT2D eigenvalue weighted by atomic mass is 16.5. The molecule has 3 aliphatic rings. The van der Waals surface area contributed by atoms with Crippen LogP contribution in [0.1, 0.15) is 28.5 Å². The normalized spacial score (nSPS) is 24.1. The predicted octanol–water partition coefficient (Wildman–Crippen LogP) is 4.40. The number of carbonyl (C=O) groups is 1.